The van der Waals surface area contributed by atoms with Crippen LogP contribution in [0.15, 0.2) is 114 Å². The fourth-order valence-electron chi connectivity index (χ4n) is 4.06. The maximum absolute atomic E-state index is 13.3. The van der Waals surface area contributed by atoms with Crippen LogP contribution in [0.25, 0.3) is 6.08 Å². The lowest BCUT2D eigenvalue weighted by atomic mass is 10.0. The summed E-state index contributed by atoms with van der Waals surface area (Å²) in [6, 6.07) is 30.0. The van der Waals surface area contributed by atoms with Crippen molar-refractivity contribution in [2.75, 3.05) is 16.4 Å². The van der Waals surface area contributed by atoms with Crippen molar-refractivity contribution in [3.05, 3.63) is 131 Å². The third kappa shape index (κ3) is 8.92. The lowest BCUT2D eigenvalue weighted by Gasteiger charge is -2.12. The number of carbonyl (C=O) groups excluding carboxylic acids is 4. The minimum absolute atomic E-state index is 0.0949. The first-order valence-corrected chi connectivity index (χ1v) is 14.6. The first-order chi connectivity index (χ1) is 20.7. The molecule has 5 N–H and O–H groups in total. The lowest BCUT2D eigenvalue weighted by molar-refractivity contribution is -0.114. The van der Waals surface area contributed by atoms with E-state index in [0.29, 0.717) is 22.9 Å². The zero-order valence-electron chi connectivity index (χ0n) is 23.8. The molecule has 0 aliphatic rings. The highest BCUT2D eigenvalue weighted by molar-refractivity contribution is 8.00. The molecular formula is C34H32N4O4S. The Hall–Kier alpha value is -5.15. The second-order valence-corrected chi connectivity index (χ2v) is 11.0. The number of para-hydroxylation sites is 1. The molecule has 0 spiro atoms. The number of benzene rings is 4. The minimum atomic E-state index is -0.622. The van der Waals surface area contributed by atoms with Crippen LogP contribution in [0.2, 0.25) is 0 Å². The molecule has 0 saturated heterocycles. The molecular weight excluding hydrogens is 560 g/mol. The summed E-state index contributed by atoms with van der Waals surface area (Å²) in [5.74, 6) is -1.32. The van der Waals surface area contributed by atoms with Crippen molar-refractivity contribution >= 4 is 52.8 Å². The van der Waals surface area contributed by atoms with Gasteiger partial charge < -0.3 is 21.7 Å². The average Bonchev–Trinajstić information content (AvgIpc) is 3.01. The number of nitrogens with one attached hydrogen (secondary N) is 3. The second kappa shape index (κ2) is 14.7. The quantitative estimate of drug-likeness (QED) is 0.124. The fraction of sp³-hybridized carbons (Fsp3) is 0.118. The van der Waals surface area contributed by atoms with Crippen LogP contribution in [-0.2, 0) is 9.59 Å². The summed E-state index contributed by atoms with van der Waals surface area (Å²) in [5, 5.41) is 8.29. The van der Waals surface area contributed by atoms with Crippen molar-refractivity contribution < 1.29 is 19.2 Å². The standard InChI is InChI=1S/C34H32N4O4S/c1-22(2)24-14-12-23(13-15-24)20-30(38-33(41)25-8-4-3-5-9-25)34(42)36-26-16-18-27(19-17-26)43-21-31(39)37-29-11-7-6-10-28(29)32(35)40/h3-20,22H,21H2,1-2H3,(H2,35,40)(H,36,42)(H,37,39)(H,38,41)/b30-20-. The number of anilines is 2. The van der Waals surface area contributed by atoms with Gasteiger partial charge in [-0.15, -0.1) is 11.8 Å². The van der Waals surface area contributed by atoms with E-state index in [0.717, 1.165) is 10.5 Å². The van der Waals surface area contributed by atoms with Gasteiger partial charge in [0.25, 0.3) is 17.7 Å². The molecule has 0 bridgehead atoms. The Morgan fingerprint density at radius 3 is 2.09 bits per heavy atom. The summed E-state index contributed by atoms with van der Waals surface area (Å²) in [6.07, 6.45) is 1.64. The Bertz CT molecular complexity index is 1630. The molecule has 0 heterocycles. The number of primary amides is 1. The zero-order valence-corrected chi connectivity index (χ0v) is 24.6. The molecule has 0 aromatic heterocycles. The van der Waals surface area contributed by atoms with Crippen molar-refractivity contribution in [2.45, 2.75) is 24.7 Å². The molecule has 0 unspecified atom stereocenters. The van der Waals surface area contributed by atoms with Gasteiger partial charge in [0.15, 0.2) is 0 Å². The molecule has 9 heteroatoms. The van der Waals surface area contributed by atoms with E-state index < -0.39 is 17.7 Å². The molecule has 218 valence electrons. The van der Waals surface area contributed by atoms with Crippen LogP contribution in [0.4, 0.5) is 11.4 Å². The predicted octanol–water partition coefficient (Wildman–Crippen LogP) is 6.05. The number of thioether (sulfide) groups is 1. The first kappa shape index (κ1) is 30.8. The normalized spacial score (nSPS) is 11.1. The maximum atomic E-state index is 13.3. The SMILES string of the molecule is CC(C)c1ccc(/C=C(\NC(=O)c2ccccc2)C(=O)Nc2ccc(SCC(=O)Nc3ccccc3C(N)=O)cc2)cc1. The largest absolute Gasteiger partial charge is 0.366 e. The average molecular weight is 593 g/mol. The third-order valence-corrected chi connectivity index (χ3v) is 7.40. The Morgan fingerprint density at radius 1 is 0.791 bits per heavy atom. The van der Waals surface area contributed by atoms with Crippen molar-refractivity contribution in [1.29, 1.82) is 0 Å². The van der Waals surface area contributed by atoms with Crippen LogP contribution < -0.4 is 21.7 Å². The van der Waals surface area contributed by atoms with Crippen LogP contribution in [-0.4, -0.2) is 29.4 Å². The predicted molar refractivity (Wildman–Crippen MR) is 172 cm³/mol. The van der Waals surface area contributed by atoms with Gasteiger partial charge >= 0.3 is 0 Å². The molecule has 4 rings (SSSR count). The second-order valence-electron chi connectivity index (χ2n) is 9.92. The lowest BCUT2D eigenvalue weighted by Crippen LogP contribution is -2.30. The molecule has 0 fully saturated rings. The van der Waals surface area contributed by atoms with Crippen LogP contribution in [0.1, 0.15) is 51.6 Å². The van der Waals surface area contributed by atoms with Gasteiger partial charge in [-0.1, -0.05) is 68.4 Å². The molecule has 0 aliphatic heterocycles. The number of hydrogen-bond acceptors (Lipinski definition) is 5. The molecule has 0 atom stereocenters. The summed E-state index contributed by atoms with van der Waals surface area (Å²) >= 11 is 1.30. The molecule has 43 heavy (non-hydrogen) atoms. The first-order valence-electron chi connectivity index (χ1n) is 13.6. The number of hydrogen-bond donors (Lipinski definition) is 4. The van der Waals surface area contributed by atoms with Gasteiger partial charge in [-0.05, 0) is 71.7 Å². The van der Waals surface area contributed by atoms with Gasteiger partial charge in [0.2, 0.25) is 5.91 Å². The van der Waals surface area contributed by atoms with Crippen LogP contribution in [0.3, 0.4) is 0 Å². The fourth-order valence-corrected chi connectivity index (χ4v) is 4.76. The van der Waals surface area contributed by atoms with Crippen molar-refractivity contribution in [1.82, 2.24) is 5.32 Å². The monoisotopic (exact) mass is 592 g/mol. The van der Waals surface area contributed by atoms with Gasteiger partial charge in [0.1, 0.15) is 5.70 Å². The van der Waals surface area contributed by atoms with Crippen LogP contribution in [0.5, 0.6) is 0 Å². The van der Waals surface area contributed by atoms with Crippen molar-refractivity contribution in [2.24, 2.45) is 5.73 Å². The minimum Gasteiger partial charge on any atom is -0.366 e. The molecule has 0 radical (unpaired) electrons. The van der Waals surface area contributed by atoms with E-state index in [1.807, 2.05) is 30.3 Å². The Morgan fingerprint density at radius 2 is 1.44 bits per heavy atom. The van der Waals surface area contributed by atoms with E-state index in [1.54, 1.807) is 78.9 Å². The number of amides is 4. The smallest absolute Gasteiger partial charge is 0.272 e. The molecule has 0 saturated carbocycles. The molecule has 0 aliphatic carbocycles. The van der Waals surface area contributed by atoms with Crippen LogP contribution in [0, 0.1) is 0 Å². The topological polar surface area (TPSA) is 130 Å². The summed E-state index contributed by atoms with van der Waals surface area (Å²) in [4.78, 5) is 51.1. The van der Waals surface area contributed by atoms with E-state index in [9.17, 15) is 19.2 Å². The summed E-state index contributed by atoms with van der Waals surface area (Å²) in [6.45, 7) is 4.21. The van der Waals surface area contributed by atoms with Crippen molar-refractivity contribution in [3.63, 3.8) is 0 Å². The Balaban J connectivity index is 1.42. The summed E-state index contributed by atoms with van der Waals surface area (Å²) in [7, 11) is 0. The third-order valence-electron chi connectivity index (χ3n) is 6.39. The van der Waals surface area contributed by atoms with Gasteiger partial charge in [0, 0.05) is 16.1 Å². The van der Waals surface area contributed by atoms with E-state index in [2.05, 4.69) is 29.8 Å². The highest BCUT2D eigenvalue weighted by Crippen LogP contribution is 2.22. The number of carbonyl (C=O) groups is 4. The van der Waals surface area contributed by atoms with Crippen molar-refractivity contribution in [3.8, 4) is 0 Å². The van der Waals surface area contributed by atoms with Gasteiger partial charge in [-0.25, -0.2) is 0 Å². The molecule has 4 aromatic rings. The molecule has 4 aromatic carbocycles. The highest BCUT2D eigenvalue weighted by Gasteiger charge is 2.16. The van der Waals surface area contributed by atoms with Gasteiger partial charge in [-0.3, -0.25) is 19.2 Å². The van der Waals surface area contributed by atoms with Gasteiger partial charge in [-0.2, -0.15) is 0 Å². The van der Waals surface area contributed by atoms with E-state index in [1.165, 1.54) is 17.3 Å². The maximum Gasteiger partial charge on any atom is 0.272 e. The molecule has 4 amide bonds. The zero-order chi connectivity index (χ0) is 30.8. The Labute approximate surface area is 254 Å². The molecule has 8 nitrogen and oxygen atoms in total. The highest BCUT2D eigenvalue weighted by atomic mass is 32.2. The van der Waals surface area contributed by atoms with Gasteiger partial charge in [0.05, 0.1) is 17.0 Å². The number of rotatable bonds is 11. The van der Waals surface area contributed by atoms with Crippen LogP contribution >= 0.6 is 11.8 Å². The van der Waals surface area contributed by atoms with E-state index in [-0.39, 0.29) is 22.9 Å². The van der Waals surface area contributed by atoms with E-state index >= 15 is 0 Å². The summed E-state index contributed by atoms with van der Waals surface area (Å²) in [5.41, 5.74) is 8.96. The number of nitrogens with two attached hydrogens (primary N) is 1. The van der Waals surface area contributed by atoms with E-state index in [4.69, 9.17) is 5.73 Å². The Kier molecular flexibility index (Phi) is 10.5. The summed E-state index contributed by atoms with van der Waals surface area (Å²) < 4.78 is 0.